The molecule has 1 heterocycles. The predicted molar refractivity (Wildman–Crippen MR) is 116 cm³/mol. The lowest BCUT2D eigenvalue weighted by molar-refractivity contribution is -0.122. The maximum atomic E-state index is 12.9. The first-order chi connectivity index (χ1) is 14.2. The van der Waals surface area contributed by atoms with Crippen LogP contribution in [0.5, 0.6) is 11.5 Å². The number of ether oxygens (including phenoxy) is 2. The van der Waals surface area contributed by atoms with Crippen LogP contribution < -0.4 is 14.8 Å². The fraction of sp³-hybridized carbons (Fsp3) is 0.409. The summed E-state index contributed by atoms with van der Waals surface area (Å²) in [5.74, 6) is 0.613. The molecule has 162 valence electrons. The zero-order valence-corrected chi connectivity index (χ0v) is 18.6. The third-order valence-corrected chi connectivity index (χ3v) is 7.04. The third kappa shape index (κ3) is 4.76. The molecule has 1 N–H and O–H groups in total. The Balaban J connectivity index is 1.80. The zero-order chi connectivity index (χ0) is 21.9. The molecule has 1 saturated heterocycles. The van der Waals surface area contributed by atoms with Gasteiger partial charge in [0.25, 0.3) is 5.91 Å². The van der Waals surface area contributed by atoms with Gasteiger partial charge in [-0.2, -0.15) is 4.31 Å². The van der Waals surface area contributed by atoms with Crippen LogP contribution in [0.2, 0.25) is 0 Å². The number of anilines is 1. The Kier molecular flexibility index (Phi) is 6.67. The van der Waals surface area contributed by atoms with E-state index in [-0.39, 0.29) is 4.90 Å². The minimum absolute atomic E-state index is 0.128. The van der Waals surface area contributed by atoms with Crippen molar-refractivity contribution in [3.8, 4) is 11.5 Å². The van der Waals surface area contributed by atoms with Gasteiger partial charge in [0.15, 0.2) is 6.10 Å². The zero-order valence-electron chi connectivity index (χ0n) is 17.8. The molecular weight excluding hydrogens is 404 g/mol. The quantitative estimate of drug-likeness (QED) is 0.724. The molecule has 0 spiro atoms. The molecule has 0 bridgehead atoms. The highest BCUT2D eigenvalue weighted by atomic mass is 32.2. The first-order valence-corrected chi connectivity index (χ1v) is 11.4. The van der Waals surface area contributed by atoms with Gasteiger partial charge in [0.2, 0.25) is 10.0 Å². The average Bonchev–Trinajstić information content (AvgIpc) is 3.26. The van der Waals surface area contributed by atoms with E-state index >= 15 is 0 Å². The Hall–Kier alpha value is -2.58. The summed E-state index contributed by atoms with van der Waals surface area (Å²) in [5, 5.41) is 2.75. The number of aryl methyl sites for hydroxylation is 2. The van der Waals surface area contributed by atoms with Gasteiger partial charge in [-0.05, 0) is 69.0 Å². The van der Waals surface area contributed by atoms with Gasteiger partial charge in [0, 0.05) is 13.1 Å². The Labute approximate surface area is 178 Å². The topological polar surface area (TPSA) is 84.9 Å². The van der Waals surface area contributed by atoms with Crippen molar-refractivity contribution >= 4 is 21.6 Å². The van der Waals surface area contributed by atoms with Crippen LogP contribution in [0.3, 0.4) is 0 Å². The molecule has 0 unspecified atom stereocenters. The molecule has 0 radical (unpaired) electrons. The summed E-state index contributed by atoms with van der Waals surface area (Å²) in [6, 6.07) is 10.3. The van der Waals surface area contributed by atoms with Gasteiger partial charge in [-0.1, -0.05) is 12.1 Å². The maximum Gasteiger partial charge on any atom is 0.265 e. The summed E-state index contributed by atoms with van der Waals surface area (Å²) in [4.78, 5) is 12.9. The predicted octanol–water partition coefficient (Wildman–Crippen LogP) is 3.50. The summed E-state index contributed by atoms with van der Waals surface area (Å²) < 4.78 is 38.3. The molecule has 1 aliphatic rings. The molecule has 1 fully saturated rings. The largest absolute Gasteiger partial charge is 0.495 e. The summed E-state index contributed by atoms with van der Waals surface area (Å²) in [7, 11) is -2.14. The smallest absolute Gasteiger partial charge is 0.265 e. The van der Waals surface area contributed by atoms with Crippen LogP contribution in [0.1, 0.15) is 30.9 Å². The van der Waals surface area contributed by atoms with Crippen molar-refractivity contribution in [3.05, 3.63) is 47.5 Å². The second kappa shape index (κ2) is 9.06. The molecule has 7 nitrogen and oxygen atoms in total. The Bertz CT molecular complexity index is 1030. The average molecular weight is 433 g/mol. The molecular formula is C22H28N2O5S. The molecule has 0 aromatic heterocycles. The van der Waals surface area contributed by atoms with E-state index in [4.69, 9.17) is 9.47 Å². The number of hydrogen-bond donors (Lipinski definition) is 1. The lowest BCUT2D eigenvalue weighted by Gasteiger charge is -2.19. The van der Waals surface area contributed by atoms with Crippen LogP contribution in [-0.4, -0.2) is 44.9 Å². The number of carbonyl (C=O) groups is 1. The van der Waals surface area contributed by atoms with E-state index < -0.39 is 22.0 Å². The summed E-state index contributed by atoms with van der Waals surface area (Å²) in [6.07, 6.45) is 0.923. The van der Waals surface area contributed by atoms with Gasteiger partial charge in [0.05, 0.1) is 17.7 Å². The number of methoxy groups -OCH3 is 1. The Morgan fingerprint density at radius 2 is 1.77 bits per heavy atom. The molecule has 1 atom stereocenters. The molecule has 1 amide bonds. The normalized spacial score (nSPS) is 15.6. The van der Waals surface area contributed by atoms with Crippen LogP contribution in [-0.2, 0) is 14.8 Å². The molecule has 0 aliphatic carbocycles. The van der Waals surface area contributed by atoms with E-state index in [1.54, 1.807) is 13.0 Å². The lowest BCUT2D eigenvalue weighted by Crippen LogP contribution is -2.31. The summed E-state index contributed by atoms with van der Waals surface area (Å²) >= 11 is 0. The van der Waals surface area contributed by atoms with Crippen LogP contribution in [0.25, 0.3) is 0 Å². The highest BCUT2D eigenvalue weighted by molar-refractivity contribution is 7.89. The lowest BCUT2D eigenvalue weighted by atomic mass is 10.1. The van der Waals surface area contributed by atoms with Gasteiger partial charge < -0.3 is 14.8 Å². The number of amides is 1. The number of benzene rings is 2. The van der Waals surface area contributed by atoms with E-state index in [0.29, 0.717) is 30.3 Å². The molecule has 30 heavy (non-hydrogen) atoms. The van der Waals surface area contributed by atoms with E-state index in [1.807, 2.05) is 32.0 Å². The number of rotatable bonds is 7. The minimum atomic E-state index is -3.61. The molecule has 2 aromatic carbocycles. The van der Waals surface area contributed by atoms with Crippen molar-refractivity contribution in [2.24, 2.45) is 0 Å². The standard InChI is InChI=1S/C22H28N2O5S/c1-15-7-8-16(2)21(13-15)29-17(3)22(25)23-19-14-18(9-10-20(19)28-4)30(26,27)24-11-5-6-12-24/h7-10,13-14,17H,5-6,11-12H2,1-4H3,(H,23,25)/t17-/m0/s1. The van der Waals surface area contributed by atoms with Crippen molar-refractivity contribution < 1.29 is 22.7 Å². The number of hydrogen-bond acceptors (Lipinski definition) is 5. The summed E-state index contributed by atoms with van der Waals surface area (Å²) in [6.45, 7) is 6.53. The number of nitrogens with zero attached hydrogens (tertiary/aromatic N) is 1. The van der Waals surface area contributed by atoms with Crippen LogP contribution >= 0.6 is 0 Å². The first kappa shape index (κ1) is 22.1. The minimum Gasteiger partial charge on any atom is -0.495 e. The van der Waals surface area contributed by atoms with Crippen molar-refractivity contribution in [1.82, 2.24) is 4.31 Å². The number of sulfonamides is 1. The van der Waals surface area contributed by atoms with Gasteiger partial charge in [-0.25, -0.2) is 8.42 Å². The first-order valence-electron chi connectivity index (χ1n) is 9.95. The second-order valence-corrected chi connectivity index (χ2v) is 9.43. The third-order valence-electron chi connectivity index (χ3n) is 5.15. The number of nitrogens with one attached hydrogen (secondary N) is 1. The Morgan fingerprint density at radius 1 is 1.07 bits per heavy atom. The highest BCUT2D eigenvalue weighted by Crippen LogP contribution is 2.30. The molecule has 0 saturated carbocycles. The van der Waals surface area contributed by atoms with Gasteiger partial charge >= 0.3 is 0 Å². The monoisotopic (exact) mass is 432 g/mol. The highest BCUT2D eigenvalue weighted by Gasteiger charge is 2.28. The van der Waals surface area contributed by atoms with Crippen molar-refractivity contribution in [2.75, 3.05) is 25.5 Å². The fourth-order valence-electron chi connectivity index (χ4n) is 3.34. The van der Waals surface area contributed by atoms with Gasteiger partial charge in [-0.3, -0.25) is 4.79 Å². The van der Waals surface area contributed by atoms with E-state index in [1.165, 1.54) is 23.5 Å². The van der Waals surface area contributed by atoms with Crippen molar-refractivity contribution in [2.45, 2.75) is 44.6 Å². The van der Waals surface area contributed by atoms with Gasteiger partial charge in [0.1, 0.15) is 11.5 Å². The molecule has 1 aliphatic heterocycles. The van der Waals surface area contributed by atoms with E-state index in [9.17, 15) is 13.2 Å². The SMILES string of the molecule is COc1ccc(S(=O)(=O)N2CCCC2)cc1NC(=O)[C@H](C)Oc1cc(C)ccc1C. The molecule has 8 heteroatoms. The van der Waals surface area contributed by atoms with E-state index in [2.05, 4.69) is 5.32 Å². The Morgan fingerprint density at radius 3 is 2.43 bits per heavy atom. The maximum absolute atomic E-state index is 12.9. The van der Waals surface area contributed by atoms with Gasteiger partial charge in [-0.15, -0.1) is 0 Å². The van der Waals surface area contributed by atoms with Crippen LogP contribution in [0, 0.1) is 13.8 Å². The van der Waals surface area contributed by atoms with Crippen LogP contribution in [0.15, 0.2) is 41.3 Å². The second-order valence-electron chi connectivity index (χ2n) is 7.49. The summed E-state index contributed by atoms with van der Waals surface area (Å²) in [5.41, 5.74) is 2.25. The van der Waals surface area contributed by atoms with Crippen LogP contribution in [0.4, 0.5) is 5.69 Å². The fourth-order valence-corrected chi connectivity index (χ4v) is 4.88. The van der Waals surface area contributed by atoms with E-state index in [0.717, 1.165) is 24.0 Å². The molecule has 2 aromatic rings. The van der Waals surface area contributed by atoms with Crippen molar-refractivity contribution in [3.63, 3.8) is 0 Å². The number of carbonyl (C=O) groups excluding carboxylic acids is 1. The molecule has 3 rings (SSSR count). The van der Waals surface area contributed by atoms with Crippen molar-refractivity contribution in [1.29, 1.82) is 0 Å².